The Morgan fingerprint density at radius 2 is 2.05 bits per heavy atom. The van der Waals surface area contributed by atoms with Gasteiger partial charge >= 0.3 is 0 Å². The maximum atomic E-state index is 11.6. The van der Waals surface area contributed by atoms with E-state index in [0.717, 1.165) is 12.8 Å². The molecule has 0 unspecified atom stereocenters. The highest BCUT2D eigenvalue weighted by atomic mass is 16.2. The first-order valence-electron chi connectivity index (χ1n) is 6.79. The van der Waals surface area contributed by atoms with Gasteiger partial charge in [-0.3, -0.25) is 4.79 Å². The van der Waals surface area contributed by atoms with Gasteiger partial charge in [-0.05, 0) is 37.1 Å². The Morgan fingerprint density at radius 1 is 1.24 bits per heavy atom. The van der Waals surface area contributed by atoms with E-state index >= 15 is 0 Å². The minimum absolute atomic E-state index is 0.0623. The Kier molecular flexibility index (Phi) is 3.52. The molecule has 1 fully saturated rings. The topological polar surface area (TPSA) is 77.8 Å². The molecule has 1 aromatic carbocycles. The van der Waals surface area contributed by atoms with E-state index in [-0.39, 0.29) is 11.8 Å². The molecule has 0 atom stereocenters. The summed E-state index contributed by atoms with van der Waals surface area (Å²) in [5.74, 6) is 0.861. The number of pyridine rings is 1. The Morgan fingerprint density at radius 3 is 2.71 bits per heavy atom. The molecular formula is C16H14N4O. The van der Waals surface area contributed by atoms with Gasteiger partial charge in [0.25, 0.3) is 0 Å². The van der Waals surface area contributed by atoms with Crippen molar-refractivity contribution in [2.24, 2.45) is 5.92 Å². The number of carbonyl (C=O) groups excluding carboxylic acids is 1. The molecule has 0 saturated heterocycles. The van der Waals surface area contributed by atoms with Crippen molar-refractivity contribution in [1.82, 2.24) is 4.98 Å². The zero-order valence-electron chi connectivity index (χ0n) is 11.3. The van der Waals surface area contributed by atoms with Gasteiger partial charge in [-0.2, -0.15) is 5.26 Å². The first-order chi connectivity index (χ1) is 10.3. The molecule has 1 aromatic heterocycles. The number of rotatable bonds is 4. The number of hydrogen-bond donors (Lipinski definition) is 2. The largest absolute Gasteiger partial charge is 0.339 e. The summed E-state index contributed by atoms with van der Waals surface area (Å²) in [6, 6.07) is 12.9. The molecule has 1 heterocycles. The average Bonchev–Trinajstić information content (AvgIpc) is 3.34. The number of anilines is 3. The molecule has 1 amide bonds. The van der Waals surface area contributed by atoms with E-state index in [9.17, 15) is 4.79 Å². The molecule has 1 aliphatic carbocycles. The number of para-hydroxylation sites is 1. The van der Waals surface area contributed by atoms with Crippen LogP contribution in [0.3, 0.4) is 0 Å². The van der Waals surface area contributed by atoms with E-state index in [1.54, 1.807) is 24.4 Å². The van der Waals surface area contributed by atoms with Crippen molar-refractivity contribution >= 4 is 23.1 Å². The standard InChI is InChI=1S/C16H14N4O/c17-9-12-3-1-2-4-14(12)20-15-8-7-13(10-18-15)19-16(21)11-5-6-11/h1-4,7-8,10-11H,5-6H2,(H,18,20)(H,19,21). The fraction of sp³-hybridized carbons (Fsp3) is 0.188. The van der Waals surface area contributed by atoms with Crippen LogP contribution >= 0.6 is 0 Å². The highest BCUT2D eigenvalue weighted by Crippen LogP contribution is 2.30. The van der Waals surface area contributed by atoms with Crippen molar-refractivity contribution in [3.63, 3.8) is 0 Å². The molecule has 5 heteroatoms. The molecule has 0 spiro atoms. The minimum Gasteiger partial charge on any atom is -0.339 e. The van der Waals surface area contributed by atoms with E-state index in [1.807, 2.05) is 18.2 Å². The van der Waals surface area contributed by atoms with E-state index < -0.39 is 0 Å². The molecular weight excluding hydrogens is 264 g/mol. The molecule has 21 heavy (non-hydrogen) atoms. The average molecular weight is 278 g/mol. The van der Waals surface area contributed by atoms with Gasteiger partial charge in [0.05, 0.1) is 23.1 Å². The Bertz CT molecular complexity index is 699. The molecule has 0 aliphatic heterocycles. The van der Waals surface area contributed by atoms with Crippen molar-refractivity contribution in [2.75, 3.05) is 10.6 Å². The van der Waals surface area contributed by atoms with Crippen LogP contribution in [-0.4, -0.2) is 10.9 Å². The summed E-state index contributed by atoms with van der Waals surface area (Å²) in [6.07, 6.45) is 3.56. The highest BCUT2D eigenvalue weighted by molar-refractivity contribution is 5.93. The van der Waals surface area contributed by atoms with Crippen LogP contribution in [0.5, 0.6) is 0 Å². The summed E-state index contributed by atoms with van der Waals surface area (Å²) in [7, 11) is 0. The maximum Gasteiger partial charge on any atom is 0.227 e. The number of nitrogens with one attached hydrogen (secondary N) is 2. The number of nitriles is 1. The Labute approximate surface area is 122 Å². The number of carbonyl (C=O) groups is 1. The third kappa shape index (κ3) is 3.18. The molecule has 2 aromatic rings. The molecule has 5 nitrogen and oxygen atoms in total. The number of benzene rings is 1. The van der Waals surface area contributed by atoms with E-state index in [0.29, 0.717) is 22.8 Å². The number of aromatic nitrogens is 1. The van der Waals surface area contributed by atoms with Crippen LogP contribution in [0, 0.1) is 17.2 Å². The lowest BCUT2D eigenvalue weighted by Gasteiger charge is -2.08. The predicted molar refractivity (Wildman–Crippen MR) is 80.0 cm³/mol. The van der Waals surface area contributed by atoms with Gasteiger partial charge in [-0.25, -0.2) is 4.98 Å². The fourth-order valence-electron chi connectivity index (χ4n) is 1.96. The summed E-state index contributed by atoms with van der Waals surface area (Å²) in [4.78, 5) is 15.9. The van der Waals surface area contributed by atoms with Gasteiger partial charge in [0.1, 0.15) is 11.9 Å². The van der Waals surface area contributed by atoms with E-state index in [1.165, 1.54) is 0 Å². The second-order valence-corrected chi connectivity index (χ2v) is 4.98. The Balaban J connectivity index is 1.69. The third-order valence-electron chi connectivity index (χ3n) is 3.29. The first-order valence-corrected chi connectivity index (χ1v) is 6.79. The molecule has 2 N–H and O–H groups in total. The summed E-state index contributed by atoms with van der Waals surface area (Å²) in [6.45, 7) is 0. The van der Waals surface area contributed by atoms with Crippen LogP contribution in [0.2, 0.25) is 0 Å². The van der Waals surface area contributed by atoms with Gasteiger partial charge < -0.3 is 10.6 Å². The van der Waals surface area contributed by atoms with Crippen LogP contribution in [0.4, 0.5) is 17.2 Å². The summed E-state index contributed by atoms with van der Waals surface area (Å²) in [5.41, 5.74) is 1.96. The quantitative estimate of drug-likeness (QED) is 0.901. The molecule has 1 aliphatic rings. The van der Waals surface area contributed by atoms with Crippen LogP contribution in [0.1, 0.15) is 18.4 Å². The first kappa shape index (κ1) is 13.1. The van der Waals surface area contributed by atoms with Crippen molar-refractivity contribution in [1.29, 1.82) is 5.26 Å². The lowest BCUT2D eigenvalue weighted by Crippen LogP contribution is -2.13. The van der Waals surface area contributed by atoms with Gasteiger partial charge in [0, 0.05) is 5.92 Å². The molecule has 3 rings (SSSR count). The monoisotopic (exact) mass is 278 g/mol. The van der Waals surface area contributed by atoms with Gasteiger partial charge in [-0.1, -0.05) is 12.1 Å². The Hall–Kier alpha value is -2.87. The number of amides is 1. The minimum atomic E-state index is 0.0623. The molecule has 1 saturated carbocycles. The smallest absolute Gasteiger partial charge is 0.227 e. The van der Waals surface area contributed by atoms with Crippen LogP contribution < -0.4 is 10.6 Å². The third-order valence-corrected chi connectivity index (χ3v) is 3.29. The van der Waals surface area contributed by atoms with Crippen molar-refractivity contribution in [3.05, 3.63) is 48.2 Å². The summed E-state index contributed by atoms with van der Waals surface area (Å²) < 4.78 is 0. The van der Waals surface area contributed by atoms with E-state index in [2.05, 4.69) is 21.7 Å². The van der Waals surface area contributed by atoms with Crippen LogP contribution in [-0.2, 0) is 4.79 Å². The maximum absolute atomic E-state index is 11.6. The number of nitrogens with zero attached hydrogens (tertiary/aromatic N) is 2. The zero-order chi connectivity index (χ0) is 14.7. The number of hydrogen-bond acceptors (Lipinski definition) is 4. The van der Waals surface area contributed by atoms with Crippen molar-refractivity contribution in [2.45, 2.75) is 12.8 Å². The van der Waals surface area contributed by atoms with Crippen LogP contribution in [0.15, 0.2) is 42.6 Å². The lowest BCUT2D eigenvalue weighted by atomic mass is 10.2. The van der Waals surface area contributed by atoms with Gasteiger partial charge in [0.2, 0.25) is 5.91 Å². The van der Waals surface area contributed by atoms with Crippen molar-refractivity contribution in [3.8, 4) is 6.07 Å². The van der Waals surface area contributed by atoms with Gasteiger partial charge in [0.15, 0.2) is 0 Å². The predicted octanol–water partition coefficient (Wildman–Crippen LogP) is 3.05. The molecule has 0 bridgehead atoms. The fourth-order valence-corrected chi connectivity index (χ4v) is 1.96. The SMILES string of the molecule is N#Cc1ccccc1Nc1ccc(NC(=O)C2CC2)cn1. The van der Waals surface area contributed by atoms with Gasteiger partial charge in [-0.15, -0.1) is 0 Å². The second-order valence-electron chi connectivity index (χ2n) is 4.98. The van der Waals surface area contributed by atoms with E-state index in [4.69, 9.17) is 5.26 Å². The normalized spacial score (nSPS) is 13.3. The second kappa shape index (κ2) is 5.63. The highest BCUT2D eigenvalue weighted by Gasteiger charge is 2.29. The molecule has 0 radical (unpaired) electrons. The molecule has 104 valence electrons. The zero-order valence-corrected chi connectivity index (χ0v) is 11.3. The van der Waals surface area contributed by atoms with Crippen LogP contribution in [0.25, 0.3) is 0 Å². The lowest BCUT2D eigenvalue weighted by molar-refractivity contribution is -0.117. The van der Waals surface area contributed by atoms with Crippen molar-refractivity contribution < 1.29 is 4.79 Å². The summed E-state index contributed by atoms with van der Waals surface area (Å²) in [5, 5.41) is 15.0. The summed E-state index contributed by atoms with van der Waals surface area (Å²) >= 11 is 0.